The lowest BCUT2D eigenvalue weighted by Crippen LogP contribution is -2.09. The zero-order valence-electron chi connectivity index (χ0n) is 9.30. The van der Waals surface area contributed by atoms with Crippen molar-refractivity contribution in [3.8, 4) is 0 Å². The number of unbranched alkanes of at least 4 members (excludes halogenated alkanes) is 1. The molecule has 16 heavy (non-hydrogen) atoms. The minimum absolute atomic E-state index is 0.190. The Labute approximate surface area is 93.4 Å². The fraction of sp³-hybridized carbons (Fsp3) is 0.778. The lowest BCUT2D eigenvalue weighted by molar-refractivity contribution is -0.137. The first-order chi connectivity index (χ1) is 7.74. The third-order valence-electron chi connectivity index (χ3n) is 2.15. The lowest BCUT2D eigenvalue weighted by atomic mass is 10.2. The quantitative estimate of drug-likeness (QED) is 0.635. The zero-order chi connectivity index (χ0) is 11.8. The Bertz CT molecular complexity index is 326. The van der Waals surface area contributed by atoms with Crippen LogP contribution in [0.2, 0.25) is 0 Å². The first-order valence-electron chi connectivity index (χ1n) is 5.20. The molecule has 1 N–H and O–H groups in total. The van der Waals surface area contributed by atoms with Gasteiger partial charge in [0.25, 0.3) is 0 Å². The maximum atomic E-state index is 10.3. The van der Waals surface area contributed by atoms with Crippen molar-refractivity contribution in [1.82, 2.24) is 20.2 Å². The van der Waals surface area contributed by atoms with Gasteiger partial charge in [-0.05, 0) is 23.3 Å². The molecule has 0 atom stereocenters. The molecule has 1 rings (SSSR count). The molecule has 1 heterocycles. The predicted octanol–water partition coefficient (Wildman–Crippen LogP) is 0.117. The van der Waals surface area contributed by atoms with Gasteiger partial charge in [0.2, 0.25) is 0 Å². The van der Waals surface area contributed by atoms with E-state index >= 15 is 0 Å². The van der Waals surface area contributed by atoms with Gasteiger partial charge in [0, 0.05) is 26.5 Å². The molecule has 0 unspecified atom stereocenters. The first kappa shape index (κ1) is 12.6. The average molecular weight is 228 g/mol. The van der Waals surface area contributed by atoms with Crippen molar-refractivity contribution in [2.24, 2.45) is 0 Å². The number of carbonyl (C=O) groups is 1. The maximum Gasteiger partial charge on any atom is 0.303 e. The molecule has 0 saturated carbocycles. The Morgan fingerprint density at radius 3 is 3.00 bits per heavy atom. The largest absolute Gasteiger partial charge is 0.481 e. The van der Waals surface area contributed by atoms with Crippen molar-refractivity contribution >= 4 is 5.97 Å². The third kappa shape index (κ3) is 4.35. The second-order valence-electron chi connectivity index (χ2n) is 3.41. The molecule has 1 aromatic rings. The number of carboxylic acid groups (broad SMARTS) is 1. The van der Waals surface area contributed by atoms with Crippen molar-refractivity contribution in [3.05, 3.63) is 5.82 Å². The first-order valence-corrected chi connectivity index (χ1v) is 5.20. The van der Waals surface area contributed by atoms with Gasteiger partial charge in [-0.2, -0.15) is 0 Å². The van der Waals surface area contributed by atoms with Gasteiger partial charge in [-0.15, -0.1) is 5.10 Å². The summed E-state index contributed by atoms with van der Waals surface area (Å²) in [5, 5.41) is 19.8. The summed E-state index contributed by atoms with van der Waals surface area (Å²) in [6.07, 6.45) is 2.26. The Morgan fingerprint density at radius 2 is 2.31 bits per heavy atom. The third-order valence-corrected chi connectivity index (χ3v) is 2.15. The molecule has 0 aliphatic carbocycles. The van der Waals surface area contributed by atoms with E-state index in [1.807, 2.05) is 0 Å². The van der Waals surface area contributed by atoms with Gasteiger partial charge in [-0.25, -0.2) is 4.68 Å². The van der Waals surface area contributed by atoms with Crippen LogP contribution >= 0.6 is 0 Å². The van der Waals surface area contributed by atoms with Gasteiger partial charge in [0.15, 0.2) is 5.82 Å². The highest BCUT2D eigenvalue weighted by Crippen LogP contribution is 2.01. The number of ether oxygens (including phenoxy) is 1. The minimum atomic E-state index is -0.767. The Morgan fingerprint density at radius 1 is 1.50 bits per heavy atom. The molecular formula is C9H16N4O3. The number of hydrogen-bond donors (Lipinski definition) is 1. The Balaban J connectivity index is 2.29. The van der Waals surface area contributed by atoms with Crippen LogP contribution in [0, 0.1) is 0 Å². The SMILES string of the molecule is COCCc1nnnn1CCCCC(=O)O. The molecular weight excluding hydrogens is 212 g/mol. The van der Waals surface area contributed by atoms with E-state index < -0.39 is 5.97 Å². The number of carboxylic acids is 1. The van der Waals surface area contributed by atoms with E-state index in [1.165, 1.54) is 0 Å². The smallest absolute Gasteiger partial charge is 0.303 e. The molecule has 0 saturated heterocycles. The highest BCUT2D eigenvalue weighted by Gasteiger charge is 2.05. The summed E-state index contributed by atoms with van der Waals surface area (Å²) in [5.41, 5.74) is 0. The van der Waals surface area contributed by atoms with Gasteiger partial charge in [0.05, 0.1) is 6.61 Å². The molecule has 1 aromatic heterocycles. The molecule has 7 nitrogen and oxygen atoms in total. The summed E-state index contributed by atoms with van der Waals surface area (Å²) in [7, 11) is 1.63. The number of aromatic nitrogens is 4. The molecule has 0 spiro atoms. The van der Waals surface area contributed by atoms with Crippen molar-refractivity contribution in [1.29, 1.82) is 0 Å². The second kappa shape index (κ2) is 6.89. The summed E-state index contributed by atoms with van der Waals surface area (Å²) < 4.78 is 6.64. The van der Waals surface area contributed by atoms with E-state index in [9.17, 15) is 4.79 Å². The van der Waals surface area contributed by atoms with Crippen LogP contribution in [0.5, 0.6) is 0 Å². The number of methoxy groups -OCH3 is 1. The number of rotatable bonds is 8. The zero-order valence-corrected chi connectivity index (χ0v) is 9.30. The number of nitrogens with zero attached hydrogens (tertiary/aromatic N) is 4. The summed E-state index contributed by atoms with van der Waals surface area (Å²) in [4.78, 5) is 10.3. The van der Waals surface area contributed by atoms with Crippen LogP contribution in [-0.4, -0.2) is 45.0 Å². The second-order valence-corrected chi connectivity index (χ2v) is 3.41. The fourth-order valence-electron chi connectivity index (χ4n) is 1.31. The van der Waals surface area contributed by atoms with E-state index in [1.54, 1.807) is 11.8 Å². The van der Waals surface area contributed by atoms with Gasteiger partial charge >= 0.3 is 5.97 Å². The number of tetrazole rings is 1. The van der Waals surface area contributed by atoms with Crippen LogP contribution < -0.4 is 0 Å². The minimum Gasteiger partial charge on any atom is -0.481 e. The van der Waals surface area contributed by atoms with Crippen LogP contribution in [0.3, 0.4) is 0 Å². The van der Waals surface area contributed by atoms with Crippen molar-refractivity contribution in [2.45, 2.75) is 32.2 Å². The number of hydrogen-bond acceptors (Lipinski definition) is 5. The predicted molar refractivity (Wildman–Crippen MR) is 54.9 cm³/mol. The van der Waals surface area contributed by atoms with Crippen LogP contribution in [-0.2, 0) is 22.5 Å². The van der Waals surface area contributed by atoms with E-state index in [0.29, 0.717) is 26.0 Å². The molecule has 7 heteroatoms. The molecule has 0 aliphatic rings. The van der Waals surface area contributed by atoms with Gasteiger partial charge in [0.1, 0.15) is 0 Å². The van der Waals surface area contributed by atoms with E-state index in [2.05, 4.69) is 15.5 Å². The van der Waals surface area contributed by atoms with Gasteiger partial charge in [-0.1, -0.05) is 0 Å². The standard InChI is InChI=1S/C9H16N4O3/c1-16-7-5-8-10-11-12-13(8)6-3-2-4-9(14)15/h2-7H2,1H3,(H,14,15). The van der Waals surface area contributed by atoms with Gasteiger partial charge in [-0.3, -0.25) is 4.79 Å². The lowest BCUT2D eigenvalue weighted by Gasteiger charge is -2.03. The average Bonchev–Trinajstić information content (AvgIpc) is 2.69. The highest BCUT2D eigenvalue weighted by molar-refractivity contribution is 5.66. The number of aryl methyl sites for hydroxylation is 1. The summed E-state index contributed by atoms with van der Waals surface area (Å²) in [5.74, 6) is 0.00787. The molecule has 0 bridgehead atoms. The van der Waals surface area contributed by atoms with Crippen molar-refractivity contribution in [3.63, 3.8) is 0 Å². The van der Waals surface area contributed by atoms with Crippen LogP contribution in [0.4, 0.5) is 0 Å². The highest BCUT2D eigenvalue weighted by atomic mass is 16.5. The van der Waals surface area contributed by atoms with Crippen LogP contribution in [0.15, 0.2) is 0 Å². The fourth-order valence-corrected chi connectivity index (χ4v) is 1.31. The van der Waals surface area contributed by atoms with Crippen LogP contribution in [0.1, 0.15) is 25.1 Å². The van der Waals surface area contributed by atoms with Crippen molar-refractivity contribution < 1.29 is 14.6 Å². The summed E-state index contributed by atoms with van der Waals surface area (Å²) in [6.45, 7) is 1.23. The molecule has 90 valence electrons. The molecule has 0 radical (unpaired) electrons. The monoisotopic (exact) mass is 228 g/mol. The number of aliphatic carboxylic acids is 1. The Hall–Kier alpha value is -1.50. The normalized spacial score (nSPS) is 10.6. The van der Waals surface area contributed by atoms with E-state index in [-0.39, 0.29) is 6.42 Å². The van der Waals surface area contributed by atoms with E-state index in [0.717, 1.165) is 12.2 Å². The summed E-state index contributed by atoms with van der Waals surface area (Å²) >= 11 is 0. The topological polar surface area (TPSA) is 90.1 Å². The Kier molecular flexibility index (Phi) is 5.41. The van der Waals surface area contributed by atoms with E-state index in [4.69, 9.17) is 9.84 Å². The van der Waals surface area contributed by atoms with Gasteiger partial charge < -0.3 is 9.84 Å². The van der Waals surface area contributed by atoms with Crippen molar-refractivity contribution in [2.75, 3.05) is 13.7 Å². The maximum absolute atomic E-state index is 10.3. The molecule has 0 aromatic carbocycles. The summed E-state index contributed by atoms with van der Waals surface area (Å²) in [6, 6.07) is 0. The van der Waals surface area contributed by atoms with Crippen LogP contribution in [0.25, 0.3) is 0 Å². The molecule has 0 amide bonds. The molecule has 0 fully saturated rings. The molecule has 0 aliphatic heterocycles.